The second kappa shape index (κ2) is 6.17. The topological polar surface area (TPSA) is 66.9 Å². The Morgan fingerprint density at radius 1 is 1.14 bits per heavy atom. The molecule has 0 aromatic heterocycles. The quantitative estimate of drug-likeness (QED) is 0.798. The average Bonchev–Trinajstić information content (AvgIpc) is 2.75. The lowest BCUT2D eigenvalue weighted by atomic mass is 10.1. The lowest BCUT2D eigenvalue weighted by Crippen LogP contribution is -2.47. The van der Waals surface area contributed by atoms with Gasteiger partial charge in [0.05, 0.1) is 6.54 Å². The van der Waals surface area contributed by atoms with Crippen molar-refractivity contribution < 1.29 is 19.2 Å². The summed E-state index contributed by atoms with van der Waals surface area (Å²) in [6.45, 7) is 7.45. The van der Waals surface area contributed by atoms with Crippen LogP contribution in [-0.2, 0) is 21.0 Å². The van der Waals surface area contributed by atoms with Crippen LogP contribution in [0.4, 0.5) is 0 Å². The Labute approximate surface area is 129 Å². The second-order valence-electron chi connectivity index (χ2n) is 5.78. The molecule has 6 nitrogen and oxygen atoms in total. The van der Waals surface area contributed by atoms with Crippen LogP contribution in [-0.4, -0.2) is 39.8 Å². The zero-order valence-corrected chi connectivity index (χ0v) is 13.2. The van der Waals surface area contributed by atoms with Crippen LogP contribution >= 0.6 is 0 Å². The van der Waals surface area contributed by atoms with E-state index in [9.17, 15) is 14.4 Å². The van der Waals surface area contributed by atoms with Crippen LogP contribution < -0.4 is 0 Å². The van der Waals surface area contributed by atoms with Gasteiger partial charge in [0.1, 0.15) is 0 Å². The summed E-state index contributed by atoms with van der Waals surface area (Å²) in [7, 11) is 0. The average molecular weight is 304 g/mol. The monoisotopic (exact) mass is 304 g/mol. The molecule has 0 saturated carbocycles. The summed E-state index contributed by atoms with van der Waals surface area (Å²) in [4.78, 5) is 42.8. The molecular formula is C16H20N2O4. The molecule has 0 fully saturated rings. The molecule has 22 heavy (non-hydrogen) atoms. The summed E-state index contributed by atoms with van der Waals surface area (Å²) in [5, 5.41) is 0.934. The van der Waals surface area contributed by atoms with E-state index < -0.39 is 17.8 Å². The summed E-state index contributed by atoms with van der Waals surface area (Å²) in [5.41, 5.74) is 1.27. The Morgan fingerprint density at radius 2 is 1.73 bits per heavy atom. The first-order valence-corrected chi connectivity index (χ1v) is 7.27. The molecule has 1 aromatic carbocycles. The first-order valence-electron chi connectivity index (χ1n) is 7.27. The van der Waals surface area contributed by atoms with E-state index in [2.05, 4.69) is 0 Å². The van der Waals surface area contributed by atoms with E-state index in [0.29, 0.717) is 5.56 Å². The van der Waals surface area contributed by atoms with E-state index in [-0.39, 0.29) is 18.6 Å². The van der Waals surface area contributed by atoms with Crippen molar-refractivity contribution in [3.63, 3.8) is 0 Å². The normalized spacial score (nSPS) is 13.5. The summed E-state index contributed by atoms with van der Waals surface area (Å²) >= 11 is 0. The molecule has 0 aliphatic carbocycles. The van der Waals surface area contributed by atoms with E-state index in [0.717, 1.165) is 10.6 Å². The van der Waals surface area contributed by atoms with Crippen molar-refractivity contribution in [2.24, 2.45) is 0 Å². The highest BCUT2D eigenvalue weighted by molar-refractivity contribution is 6.32. The highest BCUT2D eigenvalue weighted by Gasteiger charge is 2.34. The minimum absolute atomic E-state index is 0.133. The molecule has 2 amide bonds. The fraction of sp³-hybridized carbons (Fsp3) is 0.438. The number of carbonyl (C=O) groups excluding carboxylic acids is 3. The van der Waals surface area contributed by atoms with Gasteiger partial charge in [-0.2, -0.15) is 5.06 Å². The van der Waals surface area contributed by atoms with Crippen molar-refractivity contribution >= 4 is 17.8 Å². The zero-order chi connectivity index (χ0) is 16.4. The summed E-state index contributed by atoms with van der Waals surface area (Å²) in [6, 6.07) is 6.74. The molecule has 118 valence electrons. The third-order valence-corrected chi connectivity index (χ3v) is 3.50. The predicted octanol–water partition coefficient (Wildman–Crippen LogP) is 1.75. The maximum atomic E-state index is 12.2. The first kappa shape index (κ1) is 16.0. The maximum absolute atomic E-state index is 12.2. The lowest BCUT2D eigenvalue weighted by molar-refractivity contribution is -0.187. The van der Waals surface area contributed by atoms with Crippen molar-refractivity contribution in [2.75, 3.05) is 0 Å². The molecular weight excluding hydrogens is 284 g/mol. The highest BCUT2D eigenvalue weighted by atomic mass is 16.7. The van der Waals surface area contributed by atoms with Gasteiger partial charge in [-0.3, -0.25) is 9.59 Å². The molecule has 0 unspecified atom stereocenters. The number of fused-ring (bicyclic) bond motifs is 1. The fourth-order valence-corrected chi connectivity index (χ4v) is 2.61. The Hall–Kier alpha value is -2.37. The highest BCUT2D eigenvalue weighted by Crippen LogP contribution is 2.22. The number of carbonyl (C=O) groups is 3. The Balaban J connectivity index is 2.08. The summed E-state index contributed by atoms with van der Waals surface area (Å²) < 4.78 is 0. The number of hydroxylamine groups is 2. The standard InChI is InChI=1S/C16H20N2O4/c1-10(2)18(11(3)4)15(20)16(21)22-17-9-12-7-5-6-8-13(12)14(17)19/h5-8,10-11H,9H2,1-4H3. The minimum Gasteiger partial charge on any atom is -0.328 e. The largest absolute Gasteiger partial charge is 0.421 e. The van der Waals surface area contributed by atoms with Crippen LogP contribution in [0.25, 0.3) is 0 Å². The number of nitrogens with zero attached hydrogens (tertiary/aromatic N) is 2. The van der Waals surface area contributed by atoms with Crippen LogP contribution in [0.1, 0.15) is 43.6 Å². The van der Waals surface area contributed by atoms with E-state index in [4.69, 9.17) is 4.84 Å². The van der Waals surface area contributed by atoms with Crippen molar-refractivity contribution in [2.45, 2.75) is 46.3 Å². The molecule has 1 aliphatic heterocycles. The SMILES string of the molecule is CC(C)N(C(=O)C(=O)ON1Cc2ccccc2C1=O)C(C)C. The van der Waals surface area contributed by atoms with Crippen molar-refractivity contribution in [3.05, 3.63) is 35.4 Å². The van der Waals surface area contributed by atoms with Crippen LogP contribution in [0.15, 0.2) is 24.3 Å². The maximum Gasteiger partial charge on any atom is 0.421 e. The molecule has 1 aliphatic rings. The smallest absolute Gasteiger partial charge is 0.328 e. The number of hydrogen-bond donors (Lipinski definition) is 0. The molecule has 0 saturated heterocycles. The van der Waals surface area contributed by atoms with E-state index >= 15 is 0 Å². The van der Waals surface area contributed by atoms with Gasteiger partial charge in [0.2, 0.25) is 0 Å². The van der Waals surface area contributed by atoms with Crippen LogP contribution in [0, 0.1) is 0 Å². The van der Waals surface area contributed by atoms with Gasteiger partial charge in [-0.05, 0) is 39.3 Å². The first-order chi connectivity index (χ1) is 10.3. The molecule has 1 heterocycles. The van der Waals surface area contributed by atoms with Gasteiger partial charge >= 0.3 is 11.9 Å². The van der Waals surface area contributed by atoms with Gasteiger partial charge in [0.15, 0.2) is 0 Å². The number of benzene rings is 1. The fourth-order valence-electron chi connectivity index (χ4n) is 2.61. The lowest BCUT2D eigenvalue weighted by Gasteiger charge is -2.29. The van der Waals surface area contributed by atoms with Crippen molar-refractivity contribution in [1.82, 2.24) is 9.96 Å². The zero-order valence-electron chi connectivity index (χ0n) is 13.2. The van der Waals surface area contributed by atoms with Gasteiger partial charge in [-0.25, -0.2) is 4.79 Å². The molecule has 0 radical (unpaired) electrons. The number of rotatable bonds is 3. The molecule has 6 heteroatoms. The predicted molar refractivity (Wildman–Crippen MR) is 79.5 cm³/mol. The van der Waals surface area contributed by atoms with Crippen LogP contribution in [0.3, 0.4) is 0 Å². The van der Waals surface area contributed by atoms with Gasteiger partial charge in [0, 0.05) is 17.6 Å². The van der Waals surface area contributed by atoms with Gasteiger partial charge in [0.25, 0.3) is 5.91 Å². The van der Waals surface area contributed by atoms with Gasteiger partial charge in [-0.15, -0.1) is 0 Å². The van der Waals surface area contributed by atoms with E-state index in [1.807, 2.05) is 33.8 Å². The van der Waals surface area contributed by atoms with E-state index in [1.54, 1.807) is 18.2 Å². The second-order valence-corrected chi connectivity index (χ2v) is 5.78. The Bertz CT molecular complexity index is 602. The molecule has 0 N–H and O–H groups in total. The van der Waals surface area contributed by atoms with Crippen molar-refractivity contribution in [1.29, 1.82) is 0 Å². The molecule has 2 rings (SSSR count). The van der Waals surface area contributed by atoms with Gasteiger partial charge in [-0.1, -0.05) is 18.2 Å². The minimum atomic E-state index is -1.04. The molecule has 0 atom stereocenters. The van der Waals surface area contributed by atoms with Crippen LogP contribution in [0.2, 0.25) is 0 Å². The number of amides is 2. The summed E-state index contributed by atoms with van der Waals surface area (Å²) in [6.07, 6.45) is 0. The van der Waals surface area contributed by atoms with Crippen molar-refractivity contribution in [3.8, 4) is 0 Å². The van der Waals surface area contributed by atoms with E-state index in [1.165, 1.54) is 4.90 Å². The Kier molecular flexibility index (Phi) is 4.49. The summed E-state index contributed by atoms with van der Waals surface area (Å²) in [5.74, 6) is -2.19. The molecule has 0 spiro atoms. The third kappa shape index (κ3) is 2.95. The van der Waals surface area contributed by atoms with Gasteiger partial charge < -0.3 is 9.74 Å². The number of hydrogen-bond acceptors (Lipinski definition) is 4. The molecule has 0 bridgehead atoms. The Morgan fingerprint density at radius 3 is 2.27 bits per heavy atom. The molecule has 1 aromatic rings. The van der Waals surface area contributed by atoms with Crippen LogP contribution in [0.5, 0.6) is 0 Å². The third-order valence-electron chi connectivity index (χ3n) is 3.50.